The molecule has 0 bridgehead atoms. The van der Waals surface area contributed by atoms with Crippen molar-refractivity contribution in [2.75, 3.05) is 26.2 Å². The number of ether oxygens (including phenoxy) is 1. The lowest BCUT2D eigenvalue weighted by Crippen LogP contribution is -2.39. The number of terminal acetylenes is 1. The van der Waals surface area contributed by atoms with Gasteiger partial charge in [0, 0.05) is 49.8 Å². The molecule has 1 heterocycles. The maximum Gasteiger partial charge on any atom is 0.225 e. The van der Waals surface area contributed by atoms with E-state index in [2.05, 4.69) is 16.6 Å². The fourth-order valence-electron chi connectivity index (χ4n) is 3.49. The van der Waals surface area contributed by atoms with Crippen molar-refractivity contribution in [2.45, 2.75) is 25.7 Å². The standard InChI is InChI=1S/C24H27N3O5/c1-2-4-18(15-25)24(30)27-10-9-26-21(29)5-3-11-31-23-20-14-19(28)7-6-16(20)13-17-8-12-32-22(17)23/h1,6-8,12-13,18H,3-5,9-11,14-15,25H2,(H,26,29)(H,27,30). The highest BCUT2D eigenvalue weighted by Crippen LogP contribution is 2.36. The normalized spacial score (nSPS) is 13.3. The van der Waals surface area contributed by atoms with Gasteiger partial charge in [-0.3, -0.25) is 14.4 Å². The smallest absolute Gasteiger partial charge is 0.225 e. The molecular formula is C24H27N3O5. The van der Waals surface area contributed by atoms with Crippen molar-refractivity contribution in [1.29, 1.82) is 0 Å². The van der Waals surface area contributed by atoms with E-state index in [1.54, 1.807) is 18.4 Å². The summed E-state index contributed by atoms with van der Waals surface area (Å²) in [7, 11) is 0. The first kappa shape index (κ1) is 23.1. The summed E-state index contributed by atoms with van der Waals surface area (Å²) in [6.07, 6.45) is 11.5. The Bertz CT molecular complexity index is 1060. The molecule has 4 N–H and O–H groups in total. The Morgan fingerprint density at radius 2 is 2.09 bits per heavy atom. The van der Waals surface area contributed by atoms with Gasteiger partial charge in [-0.15, -0.1) is 12.3 Å². The Morgan fingerprint density at radius 3 is 2.88 bits per heavy atom. The molecule has 2 aromatic rings. The summed E-state index contributed by atoms with van der Waals surface area (Å²) in [5.74, 6) is 2.23. The average Bonchev–Trinajstić information content (AvgIpc) is 3.25. The maximum atomic E-state index is 12.0. The van der Waals surface area contributed by atoms with Gasteiger partial charge in [-0.2, -0.15) is 0 Å². The minimum Gasteiger partial charge on any atom is -0.489 e. The van der Waals surface area contributed by atoms with Crippen LogP contribution in [0.15, 0.2) is 28.9 Å². The second kappa shape index (κ2) is 11.2. The molecule has 0 saturated heterocycles. The number of fused-ring (bicyclic) bond motifs is 2. The molecule has 8 nitrogen and oxygen atoms in total. The fraction of sp³-hybridized carbons (Fsp3) is 0.375. The number of amides is 2. The predicted octanol–water partition coefficient (Wildman–Crippen LogP) is 1.56. The van der Waals surface area contributed by atoms with Gasteiger partial charge < -0.3 is 25.5 Å². The number of ketones is 1. The Morgan fingerprint density at radius 1 is 1.28 bits per heavy atom. The van der Waals surface area contributed by atoms with Gasteiger partial charge in [-0.25, -0.2) is 0 Å². The van der Waals surface area contributed by atoms with Crippen molar-refractivity contribution in [2.24, 2.45) is 11.7 Å². The van der Waals surface area contributed by atoms with E-state index in [1.165, 1.54) is 0 Å². The van der Waals surface area contributed by atoms with Crippen LogP contribution in [0.2, 0.25) is 0 Å². The van der Waals surface area contributed by atoms with Crippen LogP contribution < -0.4 is 21.1 Å². The molecule has 3 rings (SSSR count). The monoisotopic (exact) mass is 437 g/mol. The lowest BCUT2D eigenvalue weighted by Gasteiger charge is -2.16. The predicted molar refractivity (Wildman–Crippen MR) is 121 cm³/mol. The molecule has 1 aliphatic carbocycles. The quantitative estimate of drug-likeness (QED) is 0.362. The molecule has 1 aromatic heterocycles. The highest BCUT2D eigenvalue weighted by Gasteiger charge is 2.21. The van der Waals surface area contributed by atoms with Gasteiger partial charge in [0.25, 0.3) is 0 Å². The second-order valence-corrected chi connectivity index (χ2v) is 7.52. The van der Waals surface area contributed by atoms with Crippen molar-refractivity contribution in [3.63, 3.8) is 0 Å². The van der Waals surface area contributed by atoms with Crippen LogP contribution in [-0.4, -0.2) is 43.8 Å². The van der Waals surface area contributed by atoms with E-state index < -0.39 is 5.92 Å². The lowest BCUT2D eigenvalue weighted by molar-refractivity contribution is -0.125. The molecule has 1 unspecified atom stereocenters. The topological polar surface area (TPSA) is 124 Å². The molecule has 0 saturated carbocycles. The van der Waals surface area contributed by atoms with Crippen LogP contribution in [0.25, 0.3) is 17.0 Å². The van der Waals surface area contributed by atoms with Gasteiger partial charge >= 0.3 is 0 Å². The summed E-state index contributed by atoms with van der Waals surface area (Å²) in [4.78, 5) is 35.8. The van der Waals surface area contributed by atoms with Crippen LogP contribution in [0.3, 0.4) is 0 Å². The first-order valence-corrected chi connectivity index (χ1v) is 10.6. The van der Waals surface area contributed by atoms with Gasteiger partial charge in [0.05, 0.1) is 18.8 Å². The van der Waals surface area contributed by atoms with Crippen molar-refractivity contribution >= 4 is 34.6 Å². The molecule has 168 valence electrons. The summed E-state index contributed by atoms with van der Waals surface area (Å²) >= 11 is 0. The van der Waals surface area contributed by atoms with Gasteiger partial charge in [0.2, 0.25) is 11.8 Å². The third-order valence-corrected chi connectivity index (χ3v) is 5.20. The molecule has 8 heteroatoms. The third-order valence-electron chi connectivity index (χ3n) is 5.20. The molecule has 0 radical (unpaired) electrons. The number of hydrogen-bond donors (Lipinski definition) is 3. The molecule has 0 fully saturated rings. The van der Waals surface area contributed by atoms with Crippen molar-refractivity contribution in [1.82, 2.24) is 10.6 Å². The zero-order valence-electron chi connectivity index (χ0n) is 17.8. The number of carbonyl (C=O) groups excluding carboxylic acids is 3. The summed E-state index contributed by atoms with van der Waals surface area (Å²) in [5.41, 5.74) is 7.88. The number of carbonyl (C=O) groups is 3. The van der Waals surface area contributed by atoms with E-state index in [1.807, 2.05) is 12.1 Å². The zero-order chi connectivity index (χ0) is 22.9. The summed E-state index contributed by atoms with van der Waals surface area (Å²) in [5, 5.41) is 6.37. The maximum absolute atomic E-state index is 12.0. The number of nitrogens with one attached hydrogen (secondary N) is 2. The van der Waals surface area contributed by atoms with Crippen LogP contribution in [0.1, 0.15) is 30.4 Å². The number of allylic oxidation sites excluding steroid dienone is 1. The van der Waals surface area contributed by atoms with Crippen molar-refractivity contribution in [3.05, 3.63) is 35.6 Å². The third kappa shape index (κ3) is 5.77. The van der Waals surface area contributed by atoms with E-state index >= 15 is 0 Å². The van der Waals surface area contributed by atoms with Crippen LogP contribution in [0.5, 0.6) is 5.75 Å². The molecule has 0 spiro atoms. The Balaban J connectivity index is 1.42. The SMILES string of the molecule is C#CCC(CN)C(=O)NCCNC(=O)CCCOc1c2c(cc3ccoc13)C=CC(=O)C2. The Hall–Kier alpha value is -3.57. The molecule has 1 atom stereocenters. The van der Waals surface area contributed by atoms with E-state index in [0.717, 1.165) is 16.5 Å². The molecular weight excluding hydrogens is 410 g/mol. The number of benzene rings is 1. The molecule has 1 aromatic carbocycles. The molecule has 1 aliphatic rings. The highest BCUT2D eigenvalue weighted by atomic mass is 16.5. The van der Waals surface area contributed by atoms with Crippen molar-refractivity contribution in [3.8, 4) is 18.1 Å². The molecule has 2 amide bonds. The number of furan rings is 1. The minimum atomic E-state index is -0.414. The van der Waals surface area contributed by atoms with Gasteiger partial charge in [-0.1, -0.05) is 6.08 Å². The lowest BCUT2D eigenvalue weighted by atomic mass is 9.94. The zero-order valence-corrected chi connectivity index (χ0v) is 17.8. The largest absolute Gasteiger partial charge is 0.489 e. The first-order valence-electron chi connectivity index (χ1n) is 10.6. The number of nitrogens with two attached hydrogens (primary N) is 1. The number of rotatable bonds is 11. The summed E-state index contributed by atoms with van der Waals surface area (Å²) in [6.45, 7) is 1.10. The van der Waals surface area contributed by atoms with E-state index in [-0.39, 0.29) is 43.4 Å². The minimum absolute atomic E-state index is 0.0109. The highest BCUT2D eigenvalue weighted by molar-refractivity contribution is 6.01. The molecule has 32 heavy (non-hydrogen) atoms. The Labute approximate surface area is 186 Å². The summed E-state index contributed by atoms with van der Waals surface area (Å²) < 4.78 is 11.5. The fourth-order valence-corrected chi connectivity index (χ4v) is 3.49. The molecule has 0 aliphatic heterocycles. The first-order chi connectivity index (χ1) is 15.5. The number of hydrogen-bond acceptors (Lipinski definition) is 6. The Kier molecular flexibility index (Phi) is 8.06. The van der Waals surface area contributed by atoms with Crippen LogP contribution in [-0.2, 0) is 20.8 Å². The van der Waals surface area contributed by atoms with Gasteiger partial charge in [0.15, 0.2) is 17.1 Å². The second-order valence-electron chi connectivity index (χ2n) is 7.52. The average molecular weight is 437 g/mol. The summed E-state index contributed by atoms with van der Waals surface area (Å²) in [6, 6.07) is 3.82. The van der Waals surface area contributed by atoms with Gasteiger partial charge in [0.1, 0.15) is 0 Å². The van der Waals surface area contributed by atoms with E-state index in [4.69, 9.17) is 21.3 Å². The van der Waals surface area contributed by atoms with Gasteiger partial charge in [-0.05, 0) is 30.2 Å². The van der Waals surface area contributed by atoms with E-state index in [9.17, 15) is 14.4 Å². The van der Waals surface area contributed by atoms with Crippen LogP contribution in [0, 0.1) is 18.3 Å². The van der Waals surface area contributed by atoms with Crippen molar-refractivity contribution < 1.29 is 23.5 Å². The van der Waals surface area contributed by atoms with Crippen LogP contribution in [0.4, 0.5) is 0 Å². The van der Waals surface area contributed by atoms with E-state index in [0.29, 0.717) is 37.4 Å². The van der Waals surface area contributed by atoms with Crippen LogP contribution >= 0.6 is 0 Å².